The van der Waals surface area contributed by atoms with Crippen LogP contribution in [-0.4, -0.2) is 11.8 Å². The minimum Gasteiger partial charge on any atom is -0.341 e. The van der Waals surface area contributed by atoms with Gasteiger partial charge in [0.2, 0.25) is 0 Å². The van der Waals surface area contributed by atoms with E-state index in [4.69, 9.17) is 0 Å². The highest BCUT2D eigenvalue weighted by atomic mass is 16.2. The van der Waals surface area contributed by atoms with E-state index in [0.717, 1.165) is 49.7 Å². The van der Waals surface area contributed by atoms with Gasteiger partial charge in [0.1, 0.15) is 0 Å². The predicted octanol–water partition coefficient (Wildman–Crippen LogP) is 5.28. The molecule has 0 heterocycles. The first-order chi connectivity index (χ1) is 15.6. The van der Waals surface area contributed by atoms with Crippen molar-refractivity contribution in [1.82, 2.24) is 10.6 Å². The second-order valence-corrected chi connectivity index (χ2v) is 9.34. The van der Waals surface area contributed by atoms with Crippen molar-refractivity contribution in [2.75, 3.05) is 0 Å². The quantitative estimate of drug-likeness (QED) is 0.610. The molecule has 4 heteroatoms. The van der Waals surface area contributed by atoms with Gasteiger partial charge in [-0.1, -0.05) is 50.2 Å². The van der Waals surface area contributed by atoms with Crippen LogP contribution in [0.3, 0.4) is 0 Å². The Morgan fingerprint density at radius 3 is 1.41 bits per heavy atom. The number of carbonyl (C=O) groups is 2. The van der Waals surface area contributed by atoms with E-state index in [1.807, 2.05) is 13.8 Å². The highest BCUT2D eigenvalue weighted by molar-refractivity contribution is 6.35. The van der Waals surface area contributed by atoms with Crippen molar-refractivity contribution in [3.63, 3.8) is 0 Å². The lowest BCUT2D eigenvalue weighted by molar-refractivity contribution is -0.140. The van der Waals surface area contributed by atoms with Gasteiger partial charge in [0.15, 0.2) is 0 Å². The van der Waals surface area contributed by atoms with Crippen LogP contribution in [-0.2, 0) is 35.3 Å². The van der Waals surface area contributed by atoms with Gasteiger partial charge in [0.25, 0.3) is 0 Å². The molecular formula is C28H36N2O2. The Bertz CT molecular complexity index is 902. The van der Waals surface area contributed by atoms with Crippen LogP contribution in [0.2, 0.25) is 0 Å². The topological polar surface area (TPSA) is 58.2 Å². The third-order valence-corrected chi connectivity index (χ3v) is 7.18. The van der Waals surface area contributed by atoms with E-state index in [0.29, 0.717) is 0 Å². The summed E-state index contributed by atoms with van der Waals surface area (Å²) in [7, 11) is 0. The van der Waals surface area contributed by atoms with Crippen LogP contribution in [0.15, 0.2) is 36.4 Å². The number of aryl methyl sites for hydroxylation is 4. The summed E-state index contributed by atoms with van der Waals surface area (Å²) in [6.07, 6.45) is 10.9. The largest absolute Gasteiger partial charge is 0.341 e. The van der Waals surface area contributed by atoms with Crippen LogP contribution in [0.25, 0.3) is 0 Å². The minimum atomic E-state index is -0.550. The SMILES string of the molecule is CCC(NC(=O)C(=O)NC(CC)c1ccc2c(c1)CCCC2)c1ccc2c(c1)CCCC2. The lowest BCUT2D eigenvalue weighted by Gasteiger charge is -2.23. The summed E-state index contributed by atoms with van der Waals surface area (Å²) in [6.45, 7) is 4.09. The van der Waals surface area contributed by atoms with E-state index < -0.39 is 11.8 Å². The number of hydrogen-bond donors (Lipinski definition) is 2. The zero-order valence-electron chi connectivity index (χ0n) is 19.5. The molecule has 0 spiro atoms. The summed E-state index contributed by atoms with van der Waals surface area (Å²) in [6, 6.07) is 12.8. The monoisotopic (exact) mass is 432 g/mol. The van der Waals surface area contributed by atoms with E-state index in [1.54, 1.807) is 0 Å². The third-order valence-electron chi connectivity index (χ3n) is 7.18. The van der Waals surface area contributed by atoms with Gasteiger partial charge >= 0.3 is 11.8 Å². The molecule has 4 rings (SSSR count). The fourth-order valence-electron chi connectivity index (χ4n) is 5.23. The molecule has 0 radical (unpaired) electrons. The highest BCUT2D eigenvalue weighted by Crippen LogP contribution is 2.27. The molecule has 0 aliphatic heterocycles. The van der Waals surface area contributed by atoms with Gasteiger partial charge in [0.05, 0.1) is 12.1 Å². The van der Waals surface area contributed by atoms with Crippen LogP contribution in [0.4, 0.5) is 0 Å². The molecule has 2 unspecified atom stereocenters. The molecule has 0 aromatic heterocycles. The minimum absolute atomic E-state index is 0.149. The second-order valence-electron chi connectivity index (χ2n) is 9.34. The fourth-order valence-corrected chi connectivity index (χ4v) is 5.23. The number of hydrogen-bond acceptors (Lipinski definition) is 2. The van der Waals surface area contributed by atoms with Crippen molar-refractivity contribution in [3.8, 4) is 0 Å². The van der Waals surface area contributed by atoms with E-state index >= 15 is 0 Å². The molecule has 2 aliphatic carbocycles. The zero-order chi connectivity index (χ0) is 22.5. The molecule has 2 atom stereocenters. The lowest BCUT2D eigenvalue weighted by atomic mass is 9.88. The molecule has 4 nitrogen and oxygen atoms in total. The molecule has 32 heavy (non-hydrogen) atoms. The first-order valence-electron chi connectivity index (χ1n) is 12.4. The van der Waals surface area contributed by atoms with Crippen LogP contribution >= 0.6 is 0 Å². The Morgan fingerprint density at radius 1 is 0.656 bits per heavy atom. The Morgan fingerprint density at radius 2 is 1.03 bits per heavy atom. The number of fused-ring (bicyclic) bond motifs is 2. The molecule has 0 saturated carbocycles. The van der Waals surface area contributed by atoms with E-state index in [-0.39, 0.29) is 12.1 Å². The van der Waals surface area contributed by atoms with Crippen molar-refractivity contribution in [2.45, 2.75) is 90.1 Å². The maximum Gasteiger partial charge on any atom is 0.309 e. The highest BCUT2D eigenvalue weighted by Gasteiger charge is 2.23. The standard InChI is InChI=1S/C28H36N2O2/c1-3-25(23-15-13-19-9-5-7-11-21(19)17-23)29-27(31)28(32)30-26(4-2)24-16-14-20-10-6-8-12-22(20)18-24/h13-18,25-26H,3-12H2,1-2H3,(H,29,31)(H,30,32). The maximum atomic E-state index is 12.8. The summed E-state index contributed by atoms with van der Waals surface area (Å²) in [4.78, 5) is 25.5. The van der Waals surface area contributed by atoms with Gasteiger partial charge in [-0.05, 0) is 97.6 Å². The Kier molecular flexibility index (Phi) is 7.29. The first-order valence-corrected chi connectivity index (χ1v) is 12.4. The van der Waals surface area contributed by atoms with Crippen molar-refractivity contribution in [3.05, 3.63) is 69.8 Å². The predicted molar refractivity (Wildman–Crippen MR) is 129 cm³/mol. The number of nitrogens with one attached hydrogen (secondary N) is 2. The number of rotatable bonds is 6. The Balaban J connectivity index is 1.41. The summed E-state index contributed by atoms with van der Waals surface area (Å²) < 4.78 is 0. The van der Waals surface area contributed by atoms with Gasteiger partial charge in [-0.3, -0.25) is 9.59 Å². The average Bonchev–Trinajstić information content (AvgIpc) is 2.84. The fraction of sp³-hybridized carbons (Fsp3) is 0.500. The van der Waals surface area contributed by atoms with E-state index in [1.165, 1.54) is 47.9 Å². The van der Waals surface area contributed by atoms with Crippen LogP contribution in [0, 0.1) is 0 Å². The van der Waals surface area contributed by atoms with Crippen LogP contribution in [0.1, 0.15) is 97.8 Å². The number of benzene rings is 2. The van der Waals surface area contributed by atoms with Gasteiger partial charge in [-0.25, -0.2) is 0 Å². The summed E-state index contributed by atoms with van der Waals surface area (Å²) in [5.41, 5.74) is 7.82. The molecule has 2 N–H and O–H groups in total. The number of carbonyl (C=O) groups excluding carboxylic acids is 2. The molecular weight excluding hydrogens is 396 g/mol. The lowest BCUT2D eigenvalue weighted by Crippen LogP contribution is -2.42. The normalized spacial score (nSPS) is 16.9. The summed E-state index contributed by atoms with van der Waals surface area (Å²) >= 11 is 0. The molecule has 2 aliphatic rings. The molecule has 2 aromatic rings. The third kappa shape index (κ3) is 5.06. The van der Waals surface area contributed by atoms with E-state index in [2.05, 4.69) is 47.0 Å². The summed E-state index contributed by atoms with van der Waals surface area (Å²) in [5, 5.41) is 5.94. The van der Waals surface area contributed by atoms with Crippen molar-refractivity contribution >= 4 is 11.8 Å². The first kappa shape index (κ1) is 22.6. The van der Waals surface area contributed by atoms with Gasteiger partial charge < -0.3 is 10.6 Å². The molecule has 170 valence electrons. The van der Waals surface area contributed by atoms with Gasteiger partial charge in [-0.15, -0.1) is 0 Å². The Labute approximate surface area is 192 Å². The van der Waals surface area contributed by atoms with Crippen molar-refractivity contribution < 1.29 is 9.59 Å². The maximum absolute atomic E-state index is 12.8. The summed E-state index contributed by atoms with van der Waals surface area (Å²) in [5.74, 6) is -1.10. The van der Waals surface area contributed by atoms with E-state index in [9.17, 15) is 9.59 Å². The van der Waals surface area contributed by atoms with Gasteiger partial charge in [0, 0.05) is 0 Å². The molecule has 0 saturated heterocycles. The van der Waals surface area contributed by atoms with Crippen LogP contribution < -0.4 is 10.6 Å². The van der Waals surface area contributed by atoms with Crippen molar-refractivity contribution in [2.24, 2.45) is 0 Å². The number of amides is 2. The van der Waals surface area contributed by atoms with Crippen molar-refractivity contribution in [1.29, 1.82) is 0 Å². The smallest absolute Gasteiger partial charge is 0.309 e. The second kappa shape index (κ2) is 10.3. The molecule has 0 fully saturated rings. The van der Waals surface area contributed by atoms with Gasteiger partial charge in [-0.2, -0.15) is 0 Å². The van der Waals surface area contributed by atoms with Crippen LogP contribution in [0.5, 0.6) is 0 Å². The molecule has 0 bridgehead atoms. The zero-order valence-corrected chi connectivity index (χ0v) is 19.5. The molecule has 2 aromatic carbocycles. The molecule has 2 amide bonds. The average molecular weight is 433 g/mol. The Hall–Kier alpha value is -2.62.